The lowest BCUT2D eigenvalue weighted by molar-refractivity contribution is 0.542. The van der Waals surface area contributed by atoms with Crippen molar-refractivity contribution in [2.24, 2.45) is 0 Å². The van der Waals surface area contributed by atoms with Crippen LogP contribution in [0.15, 0.2) is 12.1 Å². The number of halogens is 3. The third kappa shape index (κ3) is 2.15. The van der Waals surface area contributed by atoms with Crippen molar-refractivity contribution in [3.8, 4) is 0 Å². The van der Waals surface area contributed by atoms with E-state index in [1.165, 1.54) is 7.05 Å². The summed E-state index contributed by atoms with van der Waals surface area (Å²) in [5, 5.41) is 5.46. The highest BCUT2D eigenvalue weighted by Gasteiger charge is 2.21. The van der Waals surface area contributed by atoms with Crippen LogP contribution in [0.25, 0.3) is 5.57 Å². The fraction of sp³-hybridized carbons (Fsp3) is 0.333. The Morgan fingerprint density at radius 1 is 1.24 bits per heavy atom. The van der Waals surface area contributed by atoms with E-state index in [2.05, 4.69) is 10.6 Å². The predicted molar refractivity (Wildman–Crippen MR) is 61.3 cm³/mol. The molecule has 2 rings (SSSR count). The number of hydrogen-bond acceptors (Lipinski definition) is 2. The van der Waals surface area contributed by atoms with Crippen molar-refractivity contribution in [2.75, 3.05) is 25.5 Å². The first-order chi connectivity index (χ1) is 8.15. The Morgan fingerprint density at radius 2 is 2.00 bits per heavy atom. The molecule has 0 bridgehead atoms. The van der Waals surface area contributed by atoms with E-state index >= 15 is 0 Å². The molecule has 1 aromatic carbocycles. The molecular formula is C12H13F3N2. The van der Waals surface area contributed by atoms with Gasteiger partial charge in [0, 0.05) is 19.7 Å². The van der Waals surface area contributed by atoms with Gasteiger partial charge >= 0.3 is 0 Å². The molecule has 1 aromatic rings. The van der Waals surface area contributed by atoms with Gasteiger partial charge in [0.1, 0.15) is 11.5 Å². The van der Waals surface area contributed by atoms with E-state index in [0.29, 0.717) is 31.1 Å². The summed E-state index contributed by atoms with van der Waals surface area (Å²) in [6.07, 6.45) is 2.25. The Bertz CT molecular complexity index is 469. The summed E-state index contributed by atoms with van der Waals surface area (Å²) < 4.78 is 40.9. The van der Waals surface area contributed by atoms with Crippen molar-refractivity contribution >= 4 is 11.3 Å². The predicted octanol–water partition coefficient (Wildman–Crippen LogP) is 2.52. The molecule has 0 saturated carbocycles. The molecule has 0 saturated heterocycles. The molecule has 0 radical (unpaired) electrons. The number of nitrogens with one attached hydrogen (secondary N) is 2. The van der Waals surface area contributed by atoms with Gasteiger partial charge in [-0.3, -0.25) is 0 Å². The van der Waals surface area contributed by atoms with Crippen LogP contribution in [0, 0.1) is 17.5 Å². The lowest BCUT2D eigenvalue weighted by atomic mass is 9.98. The normalized spacial score (nSPS) is 15.6. The van der Waals surface area contributed by atoms with Gasteiger partial charge in [0.05, 0.1) is 5.56 Å². The Balaban J connectivity index is 2.56. The zero-order valence-electron chi connectivity index (χ0n) is 9.41. The van der Waals surface area contributed by atoms with Gasteiger partial charge < -0.3 is 10.6 Å². The SMILES string of the molecule is CNc1c(F)cc(F)c(C2=CCNCC2)c1F. The molecule has 0 spiro atoms. The van der Waals surface area contributed by atoms with E-state index in [9.17, 15) is 13.2 Å². The van der Waals surface area contributed by atoms with Crippen LogP contribution in [0.3, 0.4) is 0 Å². The van der Waals surface area contributed by atoms with Crippen LogP contribution in [0.2, 0.25) is 0 Å². The van der Waals surface area contributed by atoms with Crippen molar-refractivity contribution in [3.05, 3.63) is 35.2 Å². The minimum atomic E-state index is -0.916. The van der Waals surface area contributed by atoms with Gasteiger partial charge in [0.15, 0.2) is 11.6 Å². The van der Waals surface area contributed by atoms with Crippen LogP contribution in [0.4, 0.5) is 18.9 Å². The molecule has 0 aromatic heterocycles. The number of hydrogen-bond donors (Lipinski definition) is 2. The van der Waals surface area contributed by atoms with Crippen LogP contribution in [-0.2, 0) is 0 Å². The molecule has 5 heteroatoms. The lowest BCUT2D eigenvalue weighted by Gasteiger charge is -2.17. The molecule has 0 unspecified atom stereocenters. The van der Waals surface area contributed by atoms with Crippen LogP contribution >= 0.6 is 0 Å². The highest BCUT2D eigenvalue weighted by Crippen LogP contribution is 2.31. The van der Waals surface area contributed by atoms with Gasteiger partial charge in [0.25, 0.3) is 0 Å². The van der Waals surface area contributed by atoms with Crippen LogP contribution < -0.4 is 10.6 Å². The maximum atomic E-state index is 14.0. The zero-order chi connectivity index (χ0) is 12.4. The Morgan fingerprint density at radius 3 is 2.59 bits per heavy atom. The summed E-state index contributed by atoms with van der Waals surface area (Å²) in [5.41, 5.74) is 0.160. The van der Waals surface area contributed by atoms with Crippen LogP contribution in [0.1, 0.15) is 12.0 Å². The summed E-state index contributed by atoms with van der Waals surface area (Å²) in [6, 6.07) is 0.715. The van der Waals surface area contributed by atoms with Gasteiger partial charge in [-0.25, -0.2) is 13.2 Å². The molecule has 0 fully saturated rings. The van der Waals surface area contributed by atoms with Crippen molar-refractivity contribution in [1.29, 1.82) is 0 Å². The zero-order valence-corrected chi connectivity index (χ0v) is 9.41. The molecule has 1 aliphatic rings. The van der Waals surface area contributed by atoms with Gasteiger partial charge in [0.2, 0.25) is 0 Å². The largest absolute Gasteiger partial charge is 0.383 e. The topological polar surface area (TPSA) is 24.1 Å². The third-order valence-corrected chi connectivity index (χ3v) is 2.81. The second kappa shape index (κ2) is 4.79. The summed E-state index contributed by atoms with van der Waals surface area (Å²) in [4.78, 5) is 0. The summed E-state index contributed by atoms with van der Waals surface area (Å²) in [6.45, 7) is 1.23. The summed E-state index contributed by atoms with van der Waals surface area (Å²) >= 11 is 0. The Kier molecular flexibility index (Phi) is 3.38. The maximum Gasteiger partial charge on any atom is 0.159 e. The molecule has 1 aliphatic heterocycles. The average molecular weight is 242 g/mol. The van der Waals surface area contributed by atoms with Gasteiger partial charge in [-0.2, -0.15) is 0 Å². The molecule has 0 amide bonds. The molecular weight excluding hydrogens is 229 g/mol. The smallest absolute Gasteiger partial charge is 0.159 e. The second-order valence-electron chi connectivity index (χ2n) is 3.84. The van der Waals surface area contributed by atoms with E-state index in [1.54, 1.807) is 6.08 Å². The molecule has 0 atom stereocenters. The van der Waals surface area contributed by atoms with E-state index in [1.807, 2.05) is 0 Å². The standard InChI is InChI=1S/C12H13F3N2/c1-16-12-9(14)6-8(13)10(11(12)15)7-2-4-17-5-3-7/h2,6,16-17H,3-5H2,1H3. The first kappa shape index (κ1) is 12.0. The molecule has 2 nitrogen and oxygen atoms in total. The Labute approximate surface area is 97.5 Å². The average Bonchev–Trinajstić information content (AvgIpc) is 2.30. The third-order valence-electron chi connectivity index (χ3n) is 2.81. The molecule has 92 valence electrons. The molecule has 0 aliphatic carbocycles. The van der Waals surface area contributed by atoms with E-state index in [0.717, 1.165) is 0 Å². The maximum absolute atomic E-state index is 14.0. The van der Waals surface area contributed by atoms with Gasteiger partial charge in [-0.1, -0.05) is 6.08 Å². The first-order valence-electron chi connectivity index (χ1n) is 5.40. The van der Waals surface area contributed by atoms with Crippen molar-refractivity contribution < 1.29 is 13.2 Å². The quantitative estimate of drug-likeness (QED) is 0.832. The highest BCUT2D eigenvalue weighted by molar-refractivity contribution is 5.71. The fourth-order valence-corrected chi connectivity index (χ4v) is 1.96. The lowest BCUT2D eigenvalue weighted by Crippen LogP contribution is -2.21. The Hall–Kier alpha value is -1.49. The van der Waals surface area contributed by atoms with Gasteiger partial charge in [-0.15, -0.1) is 0 Å². The van der Waals surface area contributed by atoms with E-state index in [4.69, 9.17) is 0 Å². The van der Waals surface area contributed by atoms with Crippen LogP contribution in [0.5, 0.6) is 0 Å². The molecule has 1 heterocycles. The van der Waals surface area contributed by atoms with Gasteiger partial charge in [-0.05, 0) is 18.5 Å². The van der Waals surface area contributed by atoms with Crippen molar-refractivity contribution in [3.63, 3.8) is 0 Å². The molecule has 17 heavy (non-hydrogen) atoms. The number of anilines is 1. The monoisotopic (exact) mass is 242 g/mol. The fourth-order valence-electron chi connectivity index (χ4n) is 1.96. The number of benzene rings is 1. The van der Waals surface area contributed by atoms with Crippen LogP contribution in [-0.4, -0.2) is 20.1 Å². The second-order valence-corrected chi connectivity index (χ2v) is 3.84. The van der Waals surface area contributed by atoms with Crippen molar-refractivity contribution in [2.45, 2.75) is 6.42 Å². The highest BCUT2D eigenvalue weighted by atomic mass is 19.1. The van der Waals surface area contributed by atoms with E-state index < -0.39 is 17.5 Å². The first-order valence-corrected chi connectivity index (χ1v) is 5.40. The van der Waals surface area contributed by atoms with Crippen molar-refractivity contribution in [1.82, 2.24) is 5.32 Å². The minimum absolute atomic E-state index is 0.128. The molecule has 2 N–H and O–H groups in total. The minimum Gasteiger partial charge on any atom is -0.383 e. The number of rotatable bonds is 2. The summed E-state index contributed by atoms with van der Waals surface area (Å²) in [5.74, 6) is -2.63. The summed E-state index contributed by atoms with van der Waals surface area (Å²) in [7, 11) is 1.40. The van der Waals surface area contributed by atoms with E-state index in [-0.39, 0.29) is 11.3 Å².